The average Bonchev–Trinajstić information content (AvgIpc) is 3.10. The van der Waals surface area contributed by atoms with E-state index >= 15 is 0 Å². The molecule has 0 atom stereocenters. The Morgan fingerprint density at radius 3 is 2.48 bits per heavy atom. The van der Waals surface area contributed by atoms with E-state index in [4.69, 9.17) is 14.2 Å². The molecular weight excluding hydrogens is 350 g/mol. The number of nitrogens with zero attached hydrogens (tertiary/aromatic N) is 3. The summed E-state index contributed by atoms with van der Waals surface area (Å²) >= 11 is 0. The molecule has 3 rings (SSSR count). The Bertz CT molecular complexity index is 967. The van der Waals surface area contributed by atoms with Crippen LogP contribution >= 0.6 is 0 Å². The molecule has 0 aliphatic carbocycles. The predicted octanol–water partition coefficient (Wildman–Crippen LogP) is 3.10. The van der Waals surface area contributed by atoms with Gasteiger partial charge in [-0.05, 0) is 24.6 Å². The quantitative estimate of drug-likeness (QED) is 0.503. The van der Waals surface area contributed by atoms with Crippen LogP contribution in [-0.4, -0.2) is 46.9 Å². The van der Waals surface area contributed by atoms with E-state index in [1.807, 2.05) is 6.92 Å². The zero-order valence-corrected chi connectivity index (χ0v) is 15.4. The first-order valence-corrected chi connectivity index (χ1v) is 8.57. The van der Waals surface area contributed by atoms with Crippen LogP contribution in [0.1, 0.15) is 30.1 Å². The topological polar surface area (TPSA) is 95.7 Å². The molecule has 2 aromatic carbocycles. The van der Waals surface area contributed by atoms with Gasteiger partial charge >= 0.3 is 5.97 Å². The van der Waals surface area contributed by atoms with Crippen molar-refractivity contribution in [2.75, 3.05) is 20.8 Å². The molecule has 0 unspecified atom stereocenters. The van der Waals surface area contributed by atoms with Crippen molar-refractivity contribution in [3.63, 3.8) is 0 Å². The first-order chi connectivity index (χ1) is 13.1. The largest absolute Gasteiger partial charge is 0.505 e. The summed E-state index contributed by atoms with van der Waals surface area (Å²) in [5.41, 5.74) is 1.82. The molecule has 27 heavy (non-hydrogen) atoms. The molecule has 3 aromatic rings. The van der Waals surface area contributed by atoms with Crippen LogP contribution in [0.15, 0.2) is 30.3 Å². The van der Waals surface area contributed by atoms with Crippen molar-refractivity contribution in [1.29, 1.82) is 0 Å². The lowest BCUT2D eigenvalue weighted by Gasteiger charge is -2.10. The van der Waals surface area contributed by atoms with E-state index < -0.39 is 5.97 Å². The maximum Gasteiger partial charge on any atom is 0.338 e. The molecule has 0 aliphatic rings. The summed E-state index contributed by atoms with van der Waals surface area (Å²) in [6, 6.07) is 7.95. The third kappa shape index (κ3) is 3.79. The van der Waals surface area contributed by atoms with Crippen molar-refractivity contribution >= 4 is 17.0 Å². The number of hydrogen-bond donors (Lipinski definition) is 1. The zero-order valence-electron chi connectivity index (χ0n) is 15.4. The molecule has 0 spiro atoms. The Morgan fingerprint density at radius 1 is 1.07 bits per heavy atom. The number of aromatic hydroxyl groups is 1. The molecule has 8 nitrogen and oxygen atoms in total. The highest BCUT2D eigenvalue weighted by atomic mass is 16.5. The lowest BCUT2D eigenvalue weighted by molar-refractivity contribution is 0.0500. The summed E-state index contributed by atoms with van der Waals surface area (Å²) in [7, 11) is 2.99. The minimum Gasteiger partial charge on any atom is -0.505 e. The summed E-state index contributed by atoms with van der Waals surface area (Å²) in [6.07, 6.45) is 1.78. The van der Waals surface area contributed by atoms with Gasteiger partial charge in [-0.1, -0.05) is 13.3 Å². The molecule has 8 heteroatoms. The number of benzene rings is 2. The number of carbonyl (C=O) groups excluding carboxylic acids is 1. The van der Waals surface area contributed by atoms with Crippen molar-refractivity contribution in [3.05, 3.63) is 35.9 Å². The zero-order chi connectivity index (χ0) is 19.4. The van der Waals surface area contributed by atoms with Crippen molar-refractivity contribution in [2.45, 2.75) is 19.8 Å². The molecule has 142 valence electrons. The third-order valence-electron chi connectivity index (χ3n) is 4.04. The van der Waals surface area contributed by atoms with Gasteiger partial charge in [0.2, 0.25) is 0 Å². The first kappa shape index (κ1) is 18.5. The SMILES string of the molecule is CCCCOC(=O)c1ccc2nn(-c3cc(OC)c(OC)cc3O)nc2c1. The Hall–Kier alpha value is -3.29. The van der Waals surface area contributed by atoms with Gasteiger partial charge in [-0.15, -0.1) is 15.0 Å². The van der Waals surface area contributed by atoms with Crippen LogP contribution in [0.3, 0.4) is 0 Å². The number of esters is 1. The van der Waals surface area contributed by atoms with E-state index in [-0.39, 0.29) is 5.75 Å². The van der Waals surface area contributed by atoms with Crippen molar-refractivity contribution in [3.8, 4) is 22.9 Å². The fourth-order valence-corrected chi connectivity index (χ4v) is 2.56. The van der Waals surface area contributed by atoms with E-state index in [1.54, 1.807) is 24.3 Å². The van der Waals surface area contributed by atoms with Crippen LogP contribution in [0, 0.1) is 0 Å². The number of rotatable bonds is 7. The molecule has 1 N–H and O–H groups in total. The molecule has 0 radical (unpaired) electrons. The van der Waals surface area contributed by atoms with Gasteiger partial charge < -0.3 is 19.3 Å². The van der Waals surface area contributed by atoms with Gasteiger partial charge in [0.1, 0.15) is 22.5 Å². The number of phenolic OH excluding ortho intramolecular Hbond substituents is 1. The number of unbranched alkanes of at least 4 members (excludes halogenated alkanes) is 1. The summed E-state index contributed by atoms with van der Waals surface area (Å²) in [5.74, 6) is 0.375. The summed E-state index contributed by atoms with van der Waals surface area (Å²) in [4.78, 5) is 13.4. The highest BCUT2D eigenvalue weighted by Crippen LogP contribution is 2.35. The number of fused-ring (bicyclic) bond motifs is 1. The highest BCUT2D eigenvalue weighted by molar-refractivity contribution is 5.93. The van der Waals surface area contributed by atoms with Crippen molar-refractivity contribution in [2.24, 2.45) is 0 Å². The lowest BCUT2D eigenvalue weighted by Crippen LogP contribution is -2.06. The number of carbonyl (C=O) groups is 1. The van der Waals surface area contributed by atoms with Crippen LogP contribution in [0.25, 0.3) is 16.7 Å². The second kappa shape index (κ2) is 7.94. The molecule has 0 aliphatic heterocycles. The minimum absolute atomic E-state index is 0.0628. The van der Waals surface area contributed by atoms with Crippen LogP contribution in [0.2, 0.25) is 0 Å². The lowest BCUT2D eigenvalue weighted by atomic mass is 10.2. The number of aromatic nitrogens is 3. The Morgan fingerprint density at radius 2 is 1.78 bits per heavy atom. The Labute approximate surface area is 156 Å². The van der Waals surface area contributed by atoms with Gasteiger partial charge in [-0.3, -0.25) is 0 Å². The van der Waals surface area contributed by atoms with Crippen LogP contribution in [0.4, 0.5) is 0 Å². The van der Waals surface area contributed by atoms with Gasteiger partial charge in [0.15, 0.2) is 11.5 Å². The fourth-order valence-electron chi connectivity index (χ4n) is 2.56. The van der Waals surface area contributed by atoms with Crippen LogP contribution in [-0.2, 0) is 4.74 Å². The second-order valence-corrected chi connectivity index (χ2v) is 5.88. The maximum atomic E-state index is 12.1. The van der Waals surface area contributed by atoms with E-state index in [0.717, 1.165) is 12.8 Å². The van der Waals surface area contributed by atoms with Crippen molar-refractivity contribution < 1.29 is 24.1 Å². The van der Waals surface area contributed by atoms with Gasteiger partial charge in [0.05, 0.1) is 26.4 Å². The molecule has 0 amide bonds. The number of phenols is 1. The molecular formula is C19H21N3O5. The highest BCUT2D eigenvalue weighted by Gasteiger charge is 2.16. The number of hydrogen-bond acceptors (Lipinski definition) is 7. The normalized spacial score (nSPS) is 10.8. The first-order valence-electron chi connectivity index (χ1n) is 8.57. The van der Waals surface area contributed by atoms with Gasteiger partial charge in [-0.25, -0.2) is 4.79 Å². The maximum absolute atomic E-state index is 12.1. The minimum atomic E-state index is -0.395. The molecule has 0 bridgehead atoms. The van der Waals surface area contributed by atoms with Gasteiger partial charge in [0.25, 0.3) is 0 Å². The molecule has 0 saturated heterocycles. The molecule has 1 aromatic heterocycles. The monoisotopic (exact) mass is 371 g/mol. The smallest absolute Gasteiger partial charge is 0.338 e. The summed E-state index contributed by atoms with van der Waals surface area (Å²) in [6.45, 7) is 2.42. The summed E-state index contributed by atoms with van der Waals surface area (Å²) in [5, 5.41) is 19.0. The Balaban J connectivity index is 1.94. The third-order valence-corrected chi connectivity index (χ3v) is 4.04. The fraction of sp³-hybridized carbons (Fsp3) is 0.316. The number of methoxy groups -OCH3 is 2. The standard InChI is InChI=1S/C19H21N3O5/c1-4-5-8-27-19(24)12-6-7-13-14(9-12)21-22(20-13)15-10-17(25-2)18(26-3)11-16(15)23/h6-7,9-11,23H,4-5,8H2,1-3H3. The molecule has 0 saturated carbocycles. The van der Waals surface area contributed by atoms with Gasteiger partial charge in [0, 0.05) is 12.1 Å². The molecule has 1 heterocycles. The van der Waals surface area contributed by atoms with E-state index in [2.05, 4.69) is 10.2 Å². The van der Waals surface area contributed by atoms with Gasteiger partial charge in [-0.2, -0.15) is 0 Å². The van der Waals surface area contributed by atoms with Crippen LogP contribution in [0.5, 0.6) is 17.2 Å². The van der Waals surface area contributed by atoms with E-state index in [9.17, 15) is 9.90 Å². The second-order valence-electron chi connectivity index (χ2n) is 5.88. The van der Waals surface area contributed by atoms with E-state index in [1.165, 1.54) is 25.1 Å². The number of ether oxygens (including phenoxy) is 3. The average molecular weight is 371 g/mol. The predicted molar refractivity (Wildman–Crippen MR) is 98.8 cm³/mol. The molecule has 0 fully saturated rings. The Kier molecular flexibility index (Phi) is 5.44. The van der Waals surface area contributed by atoms with Crippen LogP contribution < -0.4 is 9.47 Å². The van der Waals surface area contributed by atoms with E-state index in [0.29, 0.717) is 40.4 Å². The van der Waals surface area contributed by atoms with Crippen molar-refractivity contribution in [1.82, 2.24) is 15.0 Å². The summed E-state index contributed by atoms with van der Waals surface area (Å²) < 4.78 is 15.6.